The second kappa shape index (κ2) is 5.99. The number of ketones is 2. The van der Waals surface area contributed by atoms with Crippen molar-refractivity contribution in [1.82, 2.24) is 4.57 Å². The third kappa shape index (κ3) is 3.27. The van der Waals surface area contributed by atoms with E-state index in [4.69, 9.17) is 0 Å². The number of hydrogen-bond donors (Lipinski definition) is 1. The van der Waals surface area contributed by atoms with Crippen LogP contribution in [0.3, 0.4) is 0 Å². The summed E-state index contributed by atoms with van der Waals surface area (Å²) in [6.45, 7) is 5.59. The minimum absolute atomic E-state index is 0.0249. The third-order valence-electron chi connectivity index (χ3n) is 4.63. The van der Waals surface area contributed by atoms with Crippen molar-refractivity contribution in [2.75, 3.05) is 0 Å². The van der Waals surface area contributed by atoms with Gasteiger partial charge < -0.3 is 9.67 Å². The number of carbonyl (C=O) groups is 3. The highest BCUT2D eigenvalue weighted by Crippen LogP contribution is 2.37. The van der Waals surface area contributed by atoms with Gasteiger partial charge in [0.25, 0.3) is 0 Å². The van der Waals surface area contributed by atoms with E-state index in [1.54, 1.807) is 30.3 Å². The van der Waals surface area contributed by atoms with Crippen molar-refractivity contribution < 1.29 is 19.5 Å². The van der Waals surface area contributed by atoms with Gasteiger partial charge in [-0.25, -0.2) is 0 Å². The minimum atomic E-state index is -0.942. The molecular weight excluding hydrogens is 318 g/mol. The molecular formula is C20H21NO4. The first-order valence-electron chi connectivity index (χ1n) is 8.28. The van der Waals surface area contributed by atoms with E-state index in [1.807, 2.05) is 18.4 Å². The van der Waals surface area contributed by atoms with Crippen molar-refractivity contribution >= 4 is 17.5 Å². The lowest BCUT2D eigenvalue weighted by Gasteiger charge is -2.30. The van der Waals surface area contributed by atoms with Crippen LogP contribution in [0.2, 0.25) is 0 Å². The second-order valence-electron chi connectivity index (χ2n) is 7.45. The first-order chi connectivity index (χ1) is 11.7. The van der Waals surface area contributed by atoms with Gasteiger partial charge in [-0.15, -0.1) is 0 Å². The molecule has 0 bridgehead atoms. The van der Waals surface area contributed by atoms with Gasteiger partial charge in [-0.3, -0.25) is 14.4 Å². The van der Waals surface area contributed by atoms with E-state index in [2.05, 4.69) is 0 Å². The van der Waals surface area contributed by atoms with E-state index in [9.17, 15) is 19.5 Å². The molecule has 5 nitrogen and oxygen atoms in total. The maximum atomic E-state index is 12.5. The van der Waals surface area contributed by atoms with Crippen molar-refractivity contribution in [2.45, 2.75) is 40.0 Å². The first kappa shape index (κ1) is 17.1. The Balaban J connectivity index is 2.18. The van der Waals surface area contributed by atoms with Gasteiger partial charge in [-0.05, 0) is 49.1 Å². The Morgan fingerprint density at radius 2 is 1.80 bits per heavy atom. The molecule has 0 saturated carbocycles. The van der Waals surface area contributed by atoms with E-state index >= 15 is 0 Å². The number of carboxylic acid groups (broad SMARTS) is 1. The average Bonchev–Trinajstić information content (AvgIpc) is 2.83. The number of benzene rings is 1. The molecule has 0 saturated heterocycles. The molecule has 1 aliphatic rings. The Hall–Kier alpha value is -2.69. The summed E-state index contributed by atoms with van der Waals surface area (Å²) in [5.41, 5.74) is 3.26. The molecule has 0 spiro atoms. The number of nitrogens with zero attached hydrogens (tertiary/aromatic N) is 1. The zero-order valence-electron chi connectivity index (χ0n) is 14.6. The van der Waals surface area contributed by atoms with Crippen LogP contribution in [0.5, 0.6) is 0 Å². The summed E-state index contributed by atoms with van der Waals surface area (Å²) in [6.07, 6.45) is 0.997. The topological polar surface area (TPSA) is 76.4 Å². The molecule has 1 aromatic heterocycles. The van der Waals surface area contributed by atoms with Crippen molar-refractivity contribution in [2.24, 2.45) is 5.41 Å². The lowest BCUT2D eigenvalue weighted by molar-refractivity contribution is -0.136. The maximum absolute atomic E-state index is 12.5. The highest BCUT2D eigenvalue weighted by molar-refractivity contribution is 5.99. The Labute approximate surface area is 146 Å². The molecule has 5 heteroatoms. The summed E-state index contributed by atoms with van der Waals surface area (Å²) >= 11 is 0. The Morgan fingerprint density at radius 3 is 2.36 bits per heavy atom. The van der Waals surface area contributed by atoms with Crippen molar-refractivity contribution in [3.63, 3.8) is 0 Å². The van der Waals surface area contributed by atoms with Crippen LogP contribution in [0.15, 0.2) is 30.3 Å². The maximum Gasteiger partial charge on any atom is 0.309 e. The standard InChI is InChI=1S/C20H21NO4/c1-12(22)13-4-6-14(7-5-13)21-15(9-19(24)25)8-16-17(21)10-20(2,3)11-18(16)23/h4-8H,9-11H2,1-3H3,(H,24,25). The molecule has 0 radical (unpaired) electrons. The van der Waals surface area contributed by atoms with Crippen LogP contribution < -0.4 is 0 Å². The number of carboxylic acids is 1. The molecule has 0 amide bonds. The summed E-state index contributed by atoms with van der Waals surface area (Å²) in [6, 6.07) is 8.76. The largest absolute Gasteiger partial charge is 0.481 e. The van der Waals surface area contributed by atoms with Crippen molar-refractivity contribution in [3.05, 3.63) is 52.8 Å². The number of aromatic nitrogens is 1. The van der Waals surface area contributed by atoms with Crippen LogP contribution in [-0.2, 0) is 17.6 Å². The molecule has 0 unspecified atom stereocenters. The number of aliphatic carboxylic acids is 1. The van der Waals surface area contributed by atoms with Crippen LogP contribution in [0.1, 0.15) is 59.3 Å². The fourth-order valence-corrected chi connectivity index (χ4v) is 3.52. The quantitative estimate of drug-likeness (QED) is 0.866. The van der Waals surface area contributed by atoms with Gasteiger partial charge in [0.1, 0.15) is 0 Å². The van der Waals surface area contributed by atoms with Gasteiger partial charge in [0.2, 0.25) is 0 Å². The van der Waals surface area contributed by atoms with E-state index in [0.717, 1.165) is 11.4 Å². The molecule has 0 aliphatic heterocycles. The fourth-order valence-electron chi connectivity index (χ4n) is 3.52. The Kier molecular flexibility index (Phi) is 4.11. The zero-order chi connectivity index (χ0) is 18.4. The summed E-state index contributed by atoms with van der Waals surface area (Å²) in [5, 5.41) is 9.24. The van der Waals surface area contributed by atoms with Crippen molar-refractivity contribution in [1.29, 1.82) is 0 Å². The molecule has 0 fully saturated rings. The summed E-state index contributed by atoms with van der Waals surface area (Å²) < 4.78 is 1.87. The highest BCUT2D eigenvalue weighted by Gasteiger charge is 2.35. The first-order valence-corrected chi connectivity index (χ1v) is 8.28. The Morgan fingerprint density at radius 1 is 1.16 bits per heavy atom. The third-order valence-corrected chi connectivity index (χ3v) is 4.63. The lowest BCUT2D eigenvalue weighted by atomic mass is 9.76. The van der Waals surface area contributed by atoms with Crippen LogP contribution in [0.4, 0.5) is 0 Å². The van der Waals surface area contributed by atoms with Gasteiger partial charge in [0.15, 0.2) is 11.6 Å². The molecule has 1 aromatic carbocycles. The second-order valence-corrected chi connectivity index (χ2v) is 7.45. The van der Waals surface area contributed by atoms with E-state index < -0.39 is 5.97 Å². The monoisotopic (exact) mass is 339 g/mol. The number of rotatable bonds is 4. The van der Waals surface area contributed by atoms with E-state index in [0.29, 0.717) is 29.7 Å². The molecule has 0 atom stereocenters. The minimum Gasteiger partial charge on any atom is -0.481 e. The molecule has 130 valence electrons. The fraction of sp³-hybridized carbons (Fsp3) is 0.350. The van der Waals surface area contributed by atoms with E-state index in [1.165, 1.54) is 6.92 Å². The lowest BCUT2D eigenvalue weighted by Crippen LogP contribution is -2.28. The average molecular weight is 339 g/mol. The predicted octanol–water partition coefficient (Wildman–Crippen LogP) is 3.46. The Bertz CT molecular complexity index is 872. The normalized spacial score (nSPS) is 15.7. The molecule has 1 heterocycles. The van der Waals surface area contributed by atoms with Crippen LogP contribution in [-0.4, -0.2) is 27.2 Å². The number of fused-ring (bicyclic) bond motifs is 1. The van der Waals surface area contributed by atoms with Gasteiger partial charge in [0, 0.05) is 34.6 Å². The van der Waals surface area contributed by atoms with Gasteiger partial charge >= 0.3 is 5.97 Å². The van der Waals surface area contributed by atoms with E-state index in [-0.39, 0.29) is 23.4 Å². The molecule has 1 aliphatic carbocycles. The van der Waals surface area contributed by atoms with Gasteiger partial charge in [-0.1, -0.05) is 13.8 Å². The summed E-state index contributed by atoms with van der Waals surface area (Å²) in [7, 11) is 0. The molecule has 3 rings (SSSR count). The zero-order valence-corrected chi connectivity index (χ0v) is 14.6. The van der Waals surface area contributed by atoms with Gasteiger partial charge in [0.05, 0.1) is 6.42 Å². The van der Waals surface area contributed by atoms with Crippen LogP contribution in [0, 0.1) is 5.41 Å². The number of hydrogen-bond acceptors (Lipinski definition) is 3. The smallest absolute Gasteiger partial charge is 0.309 e. The molecule has 2 aromatic rings. The predicted molar refractivity (Wildman–Crippen MR) is 93.5 cm³/mol. The van der Waals surface area contributed by atoms with Crippen molar-refractivity contribution in [3.8, 4) is 5.69 Å². The number of Topliss-reactive ketones (excluding diaryl/α,β-unsaturated/α-hetero) is 2. The SMILES string of the molecule is CC(=O)c1ccc(-n2c(CC(=O)O)cc3c2CC(C)(C)CC3=O)cc1. The highest BCUT2D eigenvalue weighted by atomic mass is 16.4. The molecule has 1 N–H and O–H groups in total. The van der Waals surface area contributed by atoms with Crippen LogP contribution >= 0.6 is 0 Å². The summed E-state index contributed by atoms with van der Waals surface area (Å²) in [4.78, 5) is 35.3. The number of carbonyl (C=O) groups excluding carboxylic acids is 2. The molecule has 25 heavy (non-hydrogen) atoms. The summed E-state index contributed by atoms with van der Waals surface area (Å²) in [5.74, 6) is -0.914. The van der Waals surface area contributed by atoms with Gasteiger partial charge in [-0.2, -0.15) is 0 Å². The van der Waals surface area contributed by atoms with Crippen LogP contribution in [0.25, 0.3) is 5.69 Å².